The minimum atomic E-state index is -0.729. The van der Waals surface area contributed by atoms with Crippen molar-refractivity contribution in [3.8, 4) is 22.6 Å². The van der Waals surface area contributed by atoms with Crippen molar-refractivity contribution in [2.75, 3.05) is 5.32 Å². The lowest BCUT2D eigenvalue weighted by atomic mass is 10.1. The van der Waals surface area contributed by atoms with Crippen LogP contribution < -0.4 is 10.1 Å². The van der Waals surface area contributed by atoms with E-state index in [0.717, 1.165) is 23.3 Å². The van der Waals surface area contributed by atoms with Gasteiger partial charge in [-0.1, -0.05) is 24.3 Å². The van der Waals surface area contributed by atoms with Crippen molar-refractivity contribution in [2.45, 2.75) is 6.92 Å². The van der Waals surface area contributed by atoms with E-state index in [0.29, 0.717) is 11.4 Å². The predicted molar refractivity (Wildman–Crippen MR) is 106 cm³/mol. The van der Waals surface area contributed by atoms with Gasteiger partial charge in [0.25, 0.3) is 5.69 Å². The monoisotopic (exact) mass is 393 g/mol. The number of amides is 1. The number of rotatable bonds is 6. The molecule has 9 nitrogen and oxygen atoms in total. The van der Waals surface area contributed by atoms with Gasteiger partial charge >= 0.3 is 5.69 Å². The molecule has 146 valence electrons. The fourth-order valence-electron chi connectivity index (χ4n) is 2.64. The first kappa shape index (κ1) is 19.5. The molecule has 0 aliphatic heterocycles. The minimum Gasteiger partial charge on any atom is -0.450 e. The normalized spacial score (nSPS) is 10.2. The molecule has 0 fully saturated rings. The number of nitro benzene ring substituents is 2. The Labute approximate surface area is 164 Å². The zero-order valence-electron chi connectivity index (χ0n) is 15.2. The number of hydrogen-bond donors (Lipinski definition) is 1. The quantitative estimate of drug-likeness (QED) is 0.468. The van der Waals surface area contributed by atoms with Gasteiger partial charge in [-0.15, -0.1) is 0 Å². The van der Waals surface area contributed by atoms with Crippen LogP contribution in [0.25, 0.3) is 11.1 Å². The van der Waals surface area contributed by atoms with E-state index in [-0.39, 0.29) is 17.3 Å². The Morgan fingerprint density at radius 2 is 1.45 bits per heavy atom. The third kappa shape index (κ3) is 4.72. The number of benzene rings is 3. The molecule has 0 radical (unpaired) electrons. The summed E-state index contributed by atoms with van der Waals surface area (Å²) in [5.41, 5.74) is 1.60. The van der Waals surface area contributed by atoms with Gasteiger partial charge in [0.15, 0.2) is 0 Å². The molecule has 3 rings (SSSR count). The van der Waals surface area contributed by atoms with E-state index in [2.05, 4.69) is 5.32 Å². The summed E-state index contributed by atoms with van der Waals surface area (Å²) in [7, 11) is 0. The maximum Gasteiger partial charge on any atom is 0.318 e. The van der Waals surface area contributed by atoms with E-state index in [1.54, 1.807) is 36.4 Å². The maximum absolute atomic E-state index is 11.2. The summed E-state index contributed by atoms with van der Waals surface area (Å²) in [4.78, 5) is 31.6. The van der Waals surface area contributed by atoms with Gasteiger partial charge in [-0.05, 0) is 41.5 Å². The van der Waals surface area contributed by atoms with Crippen LogP contribution in [0.5, 0.6) is 11.5 Å². The SMILES string of the molecule is CC(=O)Nc1ccc(-c2ccc(Oc3ccc([N+](=O)[O-])cc3[N+](=O)[O-])cc2)cc1. The van der Waals surface area contributed by atoms with Gasteiger partial charge in [0, 0.05) is 18.7 Å². The summed E-state index contributed by atoms with van der Waals surface area (Å²) >= 11 is 0. The number of carbonyl (C=O) groups excluding carboxylic acids is 1. The zero-order valence-corrected chi connectivity index (χ0v) is 15.2. The molecule has 9 heteroatoms. The summed E-state index contributed by atoms with van der Waals surface area (Å²) in [6, 6.07) is 17.3. The Morgan fingerprint density at radius 3 is 1.97 bits per heavy atom. The van der Waals surface area contributed by atoms with Crippen molar-refractivity contribution in [1.82, 2.24) is 0 Å². The van der Waals surface area contributed by atoms with Crippen molar-refractivity contribution < 1.29 is 19.4 Å². The van der Waals surface area contributed by atoms with Crippen LogP contribution in [0.1, 0.15) is 6.92 Å². The van der Waals surface area contributed by atoms with Gasteiger partial charge in [0.05, 0.1) is 15.9 Å². The summed E-state index contributed by atoms with van der Waals surface area (Å²) < 4.78 is 5.55. The highest BCUT2D eigenvalue weighted by Crippen LogP contribution is 2.35. The number of nitro groups is 2. The standard InChI is InChI=1S/C20H15N3O6/c1-13(24)21-16-6-2-14(3-7-16)15-4-9-18(10-5-15)29-20-11-8-17(22(25)26)12-19(20)23(27)28/h2-12H,1H3,(H,21,24). The first-order chi connectivity index (χ1) is 13.8. The van der Waals surface area contributed by atoms with Crippen LogP contribution in [-0.4, -0.2) is 15.8 Å². The molecule has 3 aromatic rings. The lowest BCUT2D eigenvalue weighted by Crippen LogP contribution is -2.05. The molecule has 0 aliphatic rings. The third-order valence-corrected chi connectivity index (χ3v) is 3.97. The highest BCUT2D eigenvalue weighted by Gasteiger charge is 2.21. The lowest BCUT2D eigenvalue weighted by Gasteiger charge is -2.08. The maximum atomic E-state index is 11.2. The van der Waals surface area contributed by atoms with E-state index in [1.807, 2.05) is 12.1 Å². The predicted octanol–water partition coefficient (Wildman–Crippen LogP) is 4.92. The molecule has 0 unspecified atom stereocenters. The topological polar surface area (TPSA) is 125 Å². The molecule has 0 atom stereocenters. The smallest absolute Gasteiger partial charge is 0.318 e. The molecule has 0 aromatic heterocycles. The molecule has 0 spiro atoms. The Morgan fingerprint density at radius 1 is 0.862 bits per heavy atom. The number of non-ortho nitro benzene ring substituents is 1. The van der Waals surface area contributed by atoms with Crippen LogP contribution in [0.2, 0.25) is 0 Å². The molecule has 0 bridgehead atoms. The molecular weight excluding hydrogens is 378 g/mol. The highest BCUT2D eigenvalue weighted by molar-refractivity contribution is 5.89. The summed E-state index contributed by atoms with van der Waals surface area (Å²) in [6.07, 6.45) is 0. The average Bonchev–Trinajstić information content (AvgIpc) is 2.69. The Kier molecular flexibility index (Phi) is 5.49. The largest absolute Gasteiger partial charge is 0.450 e. The molecule has 0 aliphatic carbocycles. The first-order valence-electron chi connectivity index (χ1n) is 8.42. The number of hydrogen-bond acceptors (Lipinski definition) is 6. The van der Waals surface area contributed by atoms with Crippen molar-refractivity contribution in [1.29, 1.82) is 0 Å². The van der Waals surface area contributed by atoms with Crippen LogP contribution in [0.3, 0.4) is 0 Å². The fraction of sp³-hybridized carbons (Fsp3) is 0.0500. The Hall–Kier alpha value is -4.27. The Bertz CT molecular complexity index is 1080. The molecule has 0 saturated carbocycles. The Balaban J connectivity index is 1.80. The number of anilines is 1. The molecule has 3 aromatic carbocycles. The van der Waals surface area contributed by atoms with Gasteiger partial charge in [0.2, 0.25) is 11.7 Å². The second kappa shape index (κ2) is 8.17. The van der Waals surface area contributed by atoms with Crippen LogP contribution in [0.15, 0.2) is 66.7 Å². The van der Waals surface area contributed by atoms with Gasteiger partial charge in [-0.25, -0.2) is 0 Å². The van der Waals surface area contributed by atoms with Crippen molar-refractivity contribution >= 4 is 23.0 Å². The van der Waals surface area contributed by atoms with Crippen LogP contribution >= 0.6 is 0 Å². The molecule has 1 amide bonds. The number of nitrogens with one attached hydrogen (secondary N) is 1. The fourth-order valence-corrected chi connectivity index (χ4v) is 2.64. The lowest BCUT2D eigenvalue weighted by molar-refractivity contribution is -0.394. The van der Waals surface area contributed by atoms with Gasteiger partial charge in [-0.3, -0.25) is 25.0 Å². The van der Waals surface area contributed by atoms with E-state index in [9.17, 15) is 25.0 Å². The van der Waals surface area contributed by atoms with Crippen molar-refractivity contribution in [2.24, 2.45) is 0 Å². The second-order valence-electron chi connectivity index (χ2n) is 6.05. The number of carbonyl (C=O) groups is 1. The van der Waals surface area contributed by atoms with Gasteiger partial charge in [0.1, 0.15) is 5.75 Å². The van der Waals surface area contributed by atoms with Crippen molar-refractivity contribution in [3.63, 3.8) is 0 Å². The summed E-state index contributed by atoms with van der Waals surface area (Å²) in [6.45, 7) is 1.43. The average molecular weight is 393 g/mol. The van der Waals surface area contributed by atoms with E-state index >= 15 is 0 Å². The molecule has 1 N–H and O–H groups in total. The van der Waals surface area contributed by atoms with E-state index < -0.39 is 15.5 Å². The summed E-state index contributed by atoms with van der Waals surface area (Å²) in [5.74, 6) is 0.105. The highest BCUT2D eigenvalue weighted by atomic mass is 16.6. The van der Waals surface area contributed by atoms with Gasteiger partial charge < -0.3 is 10.1 Å². The van der Waals surface area contributed by atoms with E-state index in [1.165, 1.54) is 13.0 Å². The third-order valence-electron chi connectivity index (χ3n) is 3.97. The van der Waals surface area contributed by atoms with E-state index in [4.69, 9.17) is 4.74 Å². The van der Waals surface area contributed by atoms with Crippen LogP contribution in [-0.2, 0) is 4.79 Å². The van der Waals surface area contributed by atoms with Gasteiger partial charge in [-0.2, -0.15) is 0 Å². The molecular formula is C20H15N3O6. The van der Waals surface area contributed by atoms with Crippen molar-refractivity contribution in [3.05, 3.63) is 87.0 Å². The van der Waals surface area contributed by atoms with Crippen LogP contribution in [0.4, 0.5) is 17.1 Å². The molecule has 0 saturated heterocycles. The first-order valence-corrected chi connectivity index (χ1v) is 8.42. The summed E-state index contributed by atoms with van der Waals surface area (Å²) in [5, 5.41) is 24.7. The number of nitrogens with zero attached hydrogens (tertiary/aromatic N) is 2. The second-order valence-corrected chi connectivity index (χ2v) is 6.05. The van der Waals surface area contributed by atoms with Crippen LogP contribution in [0, 0.1) is 20.2 Å². The number of ether oxygens (including phenoxy) is 1. The minimum absolute atomic E-state index is 0.0898. The zero-order chi connectivity index (χ0) is 21.0. The molecule has 29 heavy (non-hydrogen) atoms. The molecule has 0 heterocycles.